The minimum absolute atomic E-state index is 0.0979. The fourth-order valence-electron chi connectivity index (χ4n) is 1.20. The van der Waals surface area contributed by atoms with E-state index < -0.39 is 0 Å². The molecule has 0 aliphatic rings. The molecule has 0 heterocycles. The highest BCUT2D eigenvalue weighted by molar-refractivity contribution is 7.98. The Morgan fingerprint density at radius 1 is 1.40 bits per heavy atom. The lowest BCUT2D eigenvalue weighted by atomic mass is 10.2. The molecule has 2 unspecified atom stereocenters. The van der Waals surface area contributed by atoms with Crippen molar-refractivity contribution in [1.82, 2.24) is 10.6 Å². The summed E-state index contributed by atoms with van der Waals surface area (Å²) in [6.07, 6.45) is 3.08. The zero-order valence-electron chi connectivity index (χ0n) is 10.3. The first-order valence-corrected chi connectivity index (χ1v) is 6.98. The third-order valence-electron chi connectivity index (χ3n) is 2.25. The molecule has 0 aromatic rings. The van der Waals surface area contributed by atoms with E-state index in [-0.39, 0.29) is 11.9 Å². The third kappa shape index (κ3) is 8.75. The molecule has 90 valence electrons. The van der Waals surface area contributed by atoms with Gasteiger partial charge in [0, 0.05) is 6.04 Å². The van der Waals surface area contributed by atoms with Crippen molar-refractivity contribution in [3.8, 4) is 0 Å². The van der Waals surface area contributed by atoms with E-state index in [1.54, 1.807) is 0 Å². The Bertz CT molecular complexity index is 176. The lowest BCUT2D eigenvalue weighted by Crippen LogP contribution is -2.39. The maximum atomic E-state index is 11.4. The summed E-state index contributed by atoms with van der Waals surface area (Å²) >= 11 is 1.84. The Balaban J connectivity index is 3.46. The number of carbonyl (C=O) groups excluding carboxylic acids is 1. The summed E-state index contributed by atoms with van der Waals surface area (Å²) < 4.78 is 0. The molecule has 4 heteroatoms. The van der Waals surface area contributed by atoms with E-state index in [1.807, 2.05) is 18.7 Å². The van der Waals surface area contributed by atoms with Crippen molar-refractivity contribution in [2.75, 3.05) is 25.1 Å². The maximum absolute atomic E-state index is 11.4. The van der Waals surface area contributed by atoms with Gasteiger partial charge in [-0.3, -0.25) is 4.79 Å². The molecule has 0 aromatic heterocycles. The molecule has 2 atom stereocenters. The highest BCUT2D eigenvalue weighted by atomic mass is 32.2. The predicted molar refractivity (Wildman–Crippen MR) is 68.3 cm³/mol. The van der Waals surface area contributed by atoms with Crippen LogP contribution < -0.4 is 10.6 Å². The average Bonchev–Trinajstić information content (AvgIpc) is 2.18. The number of nitrogens with one attached hydrogen (secondary N) is 2. The van der Waals surface area contributed by atoms with E-state index in [0.29, 0.717) is 12.5 Å². The average molecular weight is 232 g/mol. The van der Waals surface area contributed by atoms with Gasteiger partial charge < -0.3 is 10.6 Å². The van der Waals surface area contributed by atoms with Crippen LogP contribution in [0.4, 0.5) is 0 Å². The fourth-order valence-corrected chi connectivity index (χ4v) is 1.89. The Morgan fingerprint density at radius 2 is 2.07 bits per heavy atom. The molecule has 0 saturated heterocycles. The van der Waals surface area contributed by atoms with Crippen LogP contribution in [0.5, 0.6) is 0 Å². The topological polar surface area (TPSA) is 41.1 Å². The van der Waals surface area contributed by atoms with Crippen LogP contribution in [0.1, 0.15) is 27.2 Å². The van der Waals surface area contributed by atoms with Crippen LogP contribution in [-0.2, 0) is 4.79 Å². The summed E-state index contributed by atoms with van der Waals surface area (Å²) in [6.45, 7) is 7.63. The summed E-state index contributed by atoms with van der Waals surface area (Å²) in [7, 11) is 0. The minimum atomic E-state index is 0.0979. The van der Waals surface area contributed by atoms with Gasteiger partial charge in [0.25, 0.3) is 0 Å². The molecule has 2 N–H and O–H groups in total. The van der Waals surface area contributed by atoms with Crippen LogP contribution in [0.25, 0.3) is 0 Å². The molecule has 0 aromatic carbocycles. The number of hydrogen-bond acceptors (Lipinski definition) is 3. The zero-order valence-corrected chi connectivity index (χ0v) is 11.1. The third-order valence-corrected chi connectivity index (χ3v) is 3.15. The van der Waals surface area contributed by atoms with Crippen molar-refractivity contribution in [3.63, 3.8) is 0 Å². The van der Waals surface area contributed by atoms with E-state index in [1.165, 1.54) is 0 Å². The highest BCUT2D eigenvalue weighted by Gasteiger charge is 2.05. The van der Waals surface area contributed by atoms with Crippen molar-refractivity contribution in [3.05, 3.63) is 0 Å². The zero-order chi connectivity index (χ0) is 11.7. The number of carbonyl (C=O) groups is 1. The van der Waals surface area contributed by atoms with Gasteiger partial charge in [-0.2, -0.15) is 11.8 Å². The molecule has 0 bridgehead atoms. The van der Waals surface area contributed by atoms with Crippen molar-refractivity contribution in [2.45, 2.75) is 33.2 Å². The van der Waals surface area contributed by atoms with Crippen molar-refractivity contribution >= 4 is 17.7 Å². The second-order valence-corrected chi connectivity index (χ2v) is 4.98. The van der Waals surface area contributed by atoms with Gasteiger partial charge in [-0.1, -0.05) is 13.8 Å². The minimum Gasteiger partial charge on any atom is -0.353 e. The van der Waals surface area contributed by atoms with Gasteiger partial charge in [0.1, 0.15) is 0 Å². The maximum Gasteiger partial charge on any atom is 0.234 e. The molecular formula is C11H24N2OS. The van der Waals surface area contributed by atoms with Crippen LogP contribution in [0, 0.1) is 5.92 Å². The Kier molecular flexibility index (Phi) is 8.91. The predicted octanol–water partition coefficient (Wildman–Crippen LogP) is 1.49. The Hall–Kier alpha value is -0.220. The molecule has 3 nitrogen and oxygen atoms in total. The molecule has 15 heavy (non-hydrogen) atoms. The van der Waals surface area contributed by atoms with Crippen LogP contribution in [0.3, 0.4) is 0 Å². The van der Waals surface area contributed by atoms with Gasteiger partial charge in [-0.05, 0) is 37.8 Å². The number of amides is 1. The van der Waals surface area contributed by atoms with Crippen molar-refractivity contribution < 1.29 is 4.79 Å². The van der Waals surface area contributed by atoms with E-state index in [4.69, 9.17) is 0 Å². The summed E-state index contributed by atoms with van der Waals surface area (Å²) in [5, 5.41) is 6.10. The molecule has 1 amide bonds. The van der Waals surface area contributed by atoms with Crippen molar-refractivity contribution in [1.29, 1.82) is 0 Å². The van der Waals surface area contributed by atoms with E-state index in [9.17, 15) is 4.79 Å². The molecule has 0 fully saturated rings. The molecule has 0 aliphatic carbocycles. The SMILES string of the molecule is CCC(C)NC(=O)CNCC(C)CSC. The van der Waals surface area contributed by atoms with Crippen LogP contribution in [-0.4, -0.2) is 37.0 Å². The summed E-state index contributed by atoms with van der Waals surface area (Å²) in [6, 6.07) is 0.280. The van der Waals surface area contributed by atoms with Gasteiger partial charge >= 0.3 is 0 Å². The second kappa shape index (κ2) is 9.04. The number of hydrogen-bond donors (Lipinski definition) is 2. The highest BCUT2D eigenvalue weighted by Crippen LogP contribution is 2.02. The van der Waals surface area contributed by atoms with Crippen LogP contribution in [0.2, 0.25) is 0 Å². The summed E-state index contributed by atoms with van der Waals surface area (Å²) in [5.74, 6) is 1.86. The van der Waals surface area contributed by atoms with Crippen LogP contribution >= 0.6 is 11.8 Å². The van der Waals surface area contributed by atoms with Gasteiger partial charge in [0.2, 0.25) is 5.91 Å². The van der Waals surface area contributed by atoms with E-state index in [2.05, 4.69) is 30.7 Å². The van der Waals surface area contributed by atoms with Gasteiger partial charge in [0.15, 0.2) is 0 Å². The lowest BCUT2D eigenvalue weighted by molar-refractivity contribution is -0.120. The molecule has 0 saturated carbocycles. The van der Waals surface area contributed by atoms with E-state index >= 15 is 0 Å². The summed E-state index contributed by atoms with van der Waals surface area (Å²) in [5.41, 5.74) is 0. The van der Waals surface area contributed by atoms with Gasteiger partial charge in [-0.15, -0.1) is 0 Å². The standard InChI is InChI=1S/C11H24N2OS/c1-5-10(3)13-11(14)7-12-6-9(2)8-15-4/h9-10,12H,5-8H2,1-4H3,(H,13,14). The van der Waals surface area contributed by atoms with Gasteiger partial charge in [-0.25, -0.2) is 0 Å². The van der Waals surface area contributed by atoms with E-state index in [0.717, 1.165) is 18.7 Å². The first-order chi connectivity index (χ1) is 7.10. The Morgan fingerprint density at radius 3 is 2.60 bits per heavy atom. The number of rotatable bonds is 8. The quantitative estimate of drug-likeness (QED) is 0.666. The van der Waals surface area contributed by atoms with Crippen molar-refractivity contribution in [2.24, 2.45) is 5.92 Å². The largest absolute Gasteiger partial charge is 0.353 e. The number of thioether (sulfide) groups is 1. The fraction of sp³-hybridized carbons (Fsp3) is 0.909. The normalized spacial score (nSPS) is 14.7. The monoisotopic (exact) mass is 232 g/mol. The van der Waals surface area contributed by atoms with Crippen LogP contribution in [0.15, 0.2) is 0 Å². The van der Waals surface area contributed by atoms with Gasteiger partial charge in [0.05, 0.1) is 6.54 Å². The second-order valence-electron chi connectivity index (χ2n) is 4.07. The molecule has 0 aliphatic heterocycles. The smallest absolute Gasteiger partial charge is 0.234 e. The summed E-state index contributed by atoms with van der Waals surface area (Å²) in [4.78, 5) is 11.4. The molecule has 0 rings (SSSR count). The Labute approximate surface area is 97.8 Å². The molecule has 0 spiro atoms. The lowest BCUT2D eigenvalue weighted by Gasteiger charge is -2.13. The molecule has 0 radical (unpaired) electrons. The molecular weight excluding hydrogens is 208 g/mol. The first kappa shape index (κ1) is 14.8. The first-order valence-electron chi connectivity index (χ1n) is 5.59.